The standard InChI is InChI=1S/C16H13FN2O/c1-10-4-5-11(9-13(10)17)20-15-7-6-14(18)12-3-2-8-19-16(12)15/h2-9H,18H2,1H3. The summed E-state index contributed by atoms with van der Waals surface area (Å²) in [6, 6.07) is 11.9. The average molecular weight is 268 g/mol. The minimum Gasteiger partial charge on any atom is -0.455 e. The number of aryl methyl sites for hydroxylation is 1. The molecule has 100 valence electrons. The number of nitrogen functional groups attached to an aromatic ring is 1. The van der Waals surface area contributed by atoms with Crippen molar-refractivity contribution in [3.8, 4) is 11.5 Å². The lowest BCUT2D eigenvalue weighted by Gasteiger charge is -2.10. The number of nitrogens with two attached hydrogens (primary N) is 1. The van der Waals surface area contributed by atoms with Gasteiger partial charge in [0.1, 0.15) is 17.1 Å². The fourth-order valence-corrected chi connectivity index (χ4v) is 2.02. The maximum atomic E-state index is 13.5. The highest BCUT2D eigenvalue weighted by Gasteiger charge is 2.08. The van der Waals surface area contributed by atoms with Gasteiger partial charge in [0.2, 0.25) is 0 Å². The van der Waals surface area contributed by atoms with Gasteiger partial charge in [-0.1, -0.05) is 6.07 Å². The lowest BCUT2D eigenvalue weighted by molar-refractivity contribution is 0.480. The largest absolute Gasteiger partial charge is 0.455 e. The number of ether oxygens (including phenoxy) is 1. The van der Waals surface area contributed by atoms with Crippen LogP contribution < -0.4 is 10.5 Å². The quantitative estimate of drug-likeness (QED) is 0.713. The lowest BCUT2D eigenvalue weighted by atomic mass is 10.1. The van der Waals surface area contributed by atoms with E-state index in [1.165, 1.54) is 6.07 Å². The molecule has 2 aromatic carbocycles. The molecular weight excluding hydrogens is 255 g/mol. The maximum absolute atomic E-state index is 13.5. The first kappa shape index (κ1) is 12.4. The van der Waals surface area contributed by atoms with E-state index in [2.05, 4.69) is 4.98 Å². The number of halogens is 1. The van der Waals surface area contributed by atoms with Gasteiger partial charge in [-0.25, -0.2) is 4.39 Å². The minimum atomic E-state index is -0.296. The Morgan fingerprint density at radius 3 is 2.80 bits per heavy atom. The molecule has 3 nitrogen and oxygen atoms in total. The van der Waals surface area contributed by atoms with Crippen molar-refractivity contribution in [3.05, 3.63) is 60.0 Å². The van der Waals surface area contributed by atoms with Gasteiger partial charge in [-0.2, -0.15) is 0 Å². The van der Waals surface area contributed by atoms with E-state index in [1.54, 1.807) is 37.4 Å². The molecule has 0 atom stereocenters. The van der Waals surface area contributed by atoms with Crippen LogP contribution in [0.3, 0.4) is 0 Å². The number of pyridine rings is 1. The summed E-state index contributed by atoms with van der Waals surface area (Å²) in [5.74, 6) is 0.693. The van der Waals surface area contributed by atoms with Crippen molar-refractivity contribution in [1.82, 2.24) is 4.98 Å². The molecule has 20 heavy (non-hydrogen) atoms. The van der Waals surface area contributed by atoms with Gasteiger partial charge in [-0.3, -0.25) is 4.98 Å². The van der Waals surface area contributed by atoms with Crippen LogP contribution in [0.4, 0.5) is 10.1 Å². The minimum absolute atomic E-state index is 0.296. The van der Waals surface area contributed by atoms with Crippen molar-refractivity contribution >= 4 is 16.6 Å². The van der Waals surface area contributed by atoms with Crippen molar-refractivity contribution < 1.29 is 9.13 Å². The third kappa shape index (κ3) is 2.16. The SMILES string of the molecule is Cc1ccc(Oc2ccc(N)c3cccnc23)cc1F. The van der Waals surface area contributed by atoms with E-state index in [9.17, 15) is 4.39 Å². The monoisotopic (exact) mass is 268 g/mol. The second-order valence-corrected chi connectivity index (χ2v) is 4.57. The number of nitrogens with zero attached hydrogens (tertiary/aromatic N) is 1. The van der Waals surface area contributed by atoms with Crippen molar-refractivity contribution in [2.24, 2.45) is 0 Å². The summed E-state index contributed by atoms with van der Waals surface area (Å²) in [6.45, 7) is 1.71. The van der Waals surface area contributed by atoms with Crippen LogP contribution in [0.5, 0.6) is 11.5 Å². The fourth-order valence-electron chi connectivity index (χ4n) is 2.02. The van der Waals surface area contributed by atoms with E-state index in [0.717, 1.165) is 5.39 Å². The Kier molecular flexibility index (Phi) is 2.99. The van der Waals surface area contributed by atoms with E-state index in [1.807, 2.05) is 12.1 Å². The molecule has 3 rings (SSSR count). The molecule has 2 N–H and O–H groups in total. The summed E-state index contributed by atoms with van der Waals surface area (Å²) in [6.07, 6.45) is 1.67. The van der Waals surface area contributed by atoms with Crippen molar-refractivity contribution in [2.75, 3.05) is 5.73 Å². The van der Waals surface area contributed by atoms with Crippen molar-refractivity contribution in [1.29, 1.82) is 0 Å². The van der Waals surface area contributed by atoms with Crippen LogP contribution in [0.2, 0.25) is 0 Å². The van der Waals surface area contributed by atoms with Gasteiger partial charge in [-0.15, -0.1) is 0 Å². The number of hydrogen-bond donors (Lipinski definition) is 1. The number of hydrogen-bond acceptors (Lipinski definition) is 3. The molecule has 1 heterocycles. The predicted octanol–water partition coefficient (Wildman–Crippen LogP) is 4.06. The molecule has 4 heteroatoms. The Balaban J connectivity index is 2.06. The second kappa shape index (κ2) is 4.81. The molecule has 0 spiro atoms. The van der Waals surface area contributed by atoms with Gasteiger partial charge in [-0.05, 0) is 42.8 Å². The van der Waals surface area contributed by atoms with Crippen LogP contribution in [0.15, 0.2) is 48.7 Å². The Morgan fingerprint density at radius 1 is 1.15 bits per heavy atom. The summed E-state index contributed by atoms with van der Waals surface area (Å²) in [4.78, 5) is 4.28. The van der Waals surface area contributed by atoms with Crippen LogP contribution in [-0.2, 0) is 0 Å². The number of rotatable bonds is 2. The average Bonchev–Trinajstić information content (AvgIpc) is 2.46. The maximum Gasteiger partial charge on any atom is 0.153 e. The molecule has 0 amide bonds. The third-order valence-corrected chi connectivity index (χ3v) is 3.14. The number of benzene rings is 2. The second-order valence-electron chi connectivity index (χ2n) is 4.57. The molecular formula is C16H13FN2O. The molecule has 3 aromatic rings. The summed E-state index contributed by atoms with van der Waals surface area (Å²) < 4.78 is 19.3. The normalized spacial score (nSPS) is 10.7. The van der Waals surface area contributed by atoms with Crippen LogP contribution in [0.1, 0.15) is 5.56 Å². The Hall–Kier alpha value is -2.62. The van der Waals surface area contributed by atoms with E-state index in [0.29, 0.717) is 28.3 Å². The first-order valence-electron chi connectivity index (χ1n) is 6.22. The molecule has 0 aliphatic rings. The van der Waals surface area contributed by atoms with Crippen molar-refractivity contribution in [3.63, 3.8) is 0 Å². The van der Waals surface area contributed by atoms with Crippen molar-refractivity contribution in [2.45, 2.75) is 6.92 Å². The molecule has 0 aliphatic heterocycles. The summed E-state index contributed by atoms with van der Waals surface area (Å²) >= 11 is 0. The summed E-state index contributed by atoms with van der Waals surface area (Å²) in [5, 5.41) is 0.817. The molecule has 0 saturated heterocycles. The molecule has 0 unspecified atom stereocenters. The van der Waals surface area contributed by atoms with E-state index in [-0.39, 0.29) is 5.82 Å². The van der Waals surface area contributed by atoms with E-state index in [4.69, 9.17) is 10.5 Å². The van der Waals surface area contributed by atoms with Gasteiger partial charge in [0, 0.05) is 23.3 Å². The number of fused-ring (bicyclic) bond motifs is 1. The third-order valence-electron chi connectivity index (χ3n) is 3.14. The molecule has 0 radical (unpaired) electrons. The van der Waals surface area contributed by atoms with E-state index >= 15 is 0 Å². The zero-order valence-corrected chi connectivity index (χ0v) is 10.9. The first-order valence-corrected chi connectivity index (χ1v) is 6.22. The van der Waals surface area contributed by atoms with Gasteiger partial charge >= 0.3 is 0 Å². The lowest BCUT2D eigenvalue weighted by Crippen LogP contribution is -1.93. The Bertz CT molecular complexity index is 787. The highest BCUT2D eigenvalue weighted by Crippen LogP contribution is 2.32. The molecule has 0 fully saturated rings. The number of anilines is 1. The summed E-state index contributed by atoms with van der Waals surface area (Å²) in [7, 11) is 0. The first-order chi connectivity index (χ1) is 9.65. The Morgan fingerprint density at radius 2 is 2.00 bits per heavy atom. The van der Waals surface area contributed by atoms with Crippen LogP contribution >= 0.6 is 0 Å². The van der Waals surface area contributed by atoms with Crippen LogP contribution in [0.25, 0.3) is 10.9 Å². The zero-order chi connectivity index (χ0) is 14.1. The fraction of sp³-hybridized carbons (Fsp3) is 0.0625. The summed E-state index contributed by atoms with van der Waals surface area (Å²) in [5.41, 5.74) is 7.78. The highest BCUT2D eigenvalue weighted by molar-refractivity contribution is 5.94. The molecule has 0 aliphatic carbocycles. The molecule has 1 aromatic heterocycles. The van der Waals surface area contributed by atoms with Crippen LogP contribution in [-0.4, -0.2) is 4.98 Å². The van der Waals surface area contributed by atoms with Crippen LogP contribution in [0, 0.1) is 12.7 Å². The number of aromatic nitrogens is 1. The Labute approximate surface area is 115 Å². The highest BCUT2D eigenvalue weighted by atomic mass is 19.1. The molecule has 0 bridgehead atoms. The topological polar surface area (TPSA) is 48.1 Å². The predicted molar refractivity (Wildman–Crippen MR) is 77.4 cm³/mol. The smallest absolute Gasteiger partial charge is 0.153 e. The van der Waals surface area contributed by atoms with E-state index < -0.39 is 0 Å². The van der Waals surface area contributed by atoms with Gasteiger partial charge in [0.25, 0.3) is 0 Å². The zero-order valence-electron chi connectivity index (χ0n) is 10.9. The van der Waals surface area contributed by atoms with Gasteiger partial charge in [0.05, 0.1) is 0 Å². The molecule has 0 saturated carbocycles. The van der Waals surface area contributed by atoms with Gasteiger partial charge < -0.3 is 10.5 Å². The van der Waals surface area contributed by atoms with Gasteiger partial charge in [0.15, 0.2) is 5.75 Å².